The molecule has 114 valence electrons. The van der Waals surface area contributed by atoms with Crippen molar-refractivity contribution in [2.75, 3.05) is 19.6 Å². The summed E-state index contributed by atoms with van der Waals surface area (Å²) in [5, 5.41) is 3.22. The highest BCUT2D eigenvalue weighted by Gasteiger charge is 2.29. The maximum absolute atomic E-state index is 12.6. The monoisotopic (exact) mass is 316 g/mol. The second-order valence-corrected chi connectivity index (χ2v) is 8.59. The molecule has 0 atom stereocenters. The van der Waals surface area contributed by atoms with Gasteiger partial charge in [0.05, 0.1) is 0 Å². The largest absolute Gasteiger partial charge is 0.312 e. The fraction of sp³-hybridized carbons (Fsp3) is 0.714. The van der Waals surface area contributed by atoms with Crippen LogP contribution in [0, 0.1) is 5.92 Å². The van der Waals surface area contributed by atoms with Crippen LogP contribution in [-0.2, 0) is 16.6 Å². The average molecular weight is 316 g/mol. The summed E-state index contributed by atoms with van der Waals surface area (Å²) in [5.41, 5.74) is 0. The van der Waals surface area contributed by atoms with Gasteiger partial charge >= 0.3 is 0 Å². The van der Waals surface area contributed by atoms with E-state index in [1.165, 1.54) is 11.3 Å². The molecule has 1 saturated heterocycles. The van der Waals surface area contributed by atoms with Crippen molar-refractivity contribution in [3.05, 3.63) is 17.0 Å². The molecular formula is C14H24N2O2S2. The van der Waals surface area contributed by atoms with Crippen molar-refractivity contribution < 1.29 is 8.42 Å². The van der Waals surface area contributed by atoms with E-state index in [0.29, 0.717) is 23.2 Å². The Bertz CT molecular complexity index is 517. The summed E-state index contributed by atoms with van der Waals surface area (Å²) in [7, 11) is -3.27. The molecule has 0 unspecified atom stereocenters. The number of piperidine rings is 1. The normalized spacial score (nSPS) is 18.5. The molecule has 0 aliphatic carbocycles. The summed E-state index contributed by atoms with van der Waals surface area (Å²) in [6, 6.07) is 3.66. The summed E-state index contributed by atoms with van der Waals surface area (Å²) in [6.07, 6.45) is 3.14. The molecule has 2 rings (SSSR count). The molecule has 1 fully saturated rings. The molecule has 1 N–H and O–H groups in total. The minimum Gasteiger partial charge on any atom is -0.312 e. The lowest BCUT2D eigenvalue weighted by molar-refractivity contribution is 0.269. The summed E-state index contributed by atoms with van der Waals surface area (Å²) in [6.45, 7) is 7.20. The third-order valence-corrected chi connectivity index (χ3v) is 7.38. The fourth-order valence-electron chi connectivity index (χ4n) is 2.53. The molecule has 6 heteroatoms. The van der Waals surface area contributed by atoms with E-state index in [9.17, 15) is 8.42 Å². The van der Waals surface area contributed by atoms with Gasteiger partial charge in [-0.05, 0) is 37.4 Å². The van der Waals surface area contributed by atoms with E-state index in [0.717, 1.165) is 37.2 Å². The second-order valence-electron chi connectivity index (χ2n) is 5.26. The van der Waals surface area contributed by atoms with Gasteiger partial charge in [-0.15, -0.1) is 11.3 Å². The van der Waals surface area contributed by atoms with E-state index in [-0.39, 0.29) is 0 Å². The number of thiophene rings is 1. The van der Waals surface area contributed by atoms with E-state index in [1.54, 1.807) is 10.4 Å². The predicted molar refractivity (Wildman–Crippen MR) is 83.5 cm³/mol. The second kappa shape index (κ2) is 7.02. The van der Waals surface area contributed by atoms with Crippen molar-refractivity contribution >= 4 is 21.4 Å². The molecule has 0 amide bonds. The van der Waals surface area contributed by atoms with Crippen LogP contribution in [-0.4, -0.2) is 32.4 Å². The quantitative estimate of drug-likeness (QED) is 0.878. The van der Waals surface area contributed by atoms with Crippen LogP contribution < -0.4 is 5.32 Å². The molecule has 0 aromatic carbocycles. The lowest BCUT2D eigenvalue weighted by atomic mass is 9.96. The topological polar surface area (TPSA) is 49.4 Å². The van der Waals surface area contributed by atoms with Crippen LogP contribution in [0.4, 0.5) is 0 Å². The van der Waals surface area contributed by atoms with Crippen molar-refractivity contribution in [2.24, 2.45) is 5.92 Å². The van der Waals surface area contributed by atoms with Crippen molar-refractivity contribution in [1.82, 2.24) is 9.62 Å². The maximum Gasteiger partial charge on any atom is 0.252 e. The molecular weight excluding hydrogens is 292 g/mol. The highest BCUT2D eigenvalue weighted by molar-refractivity contribution is 7.91. The molecule has 0 saturated carbocycles. The molecule has 0 bridgehead atoms. The minimum absolute atomic E-state index is 0.486. The van der Waals surface area contributed by atoms with Crippen molar-refractivity contribution in [3.63, 3.8) is 0 Å². The van der Waals surface area contributed by atoms with Crippen LogP contribution >= 0.6 is 11.3 Å². The number of nitrogens with zero attached hydrogens (tertiary/aromatic N) is 1. The number of sulfonamides is 1. The smallest absolute Gasteiger partial charge is 0.252 e. The van der Waals surface area contributed by atoms with Gasteiger partial charge in [0, 0.05) is 24.5 Å². The third-order valence-electron chi connectivity index (χ3n) is 3.93. The predicted octanol–water partition coefficient (Wildman–Crippen LogP) is 2.67. The average Bonchev–Trinajstić information content (AvgIpc) is 2.94. The van der Waals surface area contributed by atoms with E-state index >= 15 is 0 Å². The van der Waals surface area contributed by atoms with E-state index in [2.05, 4.69) is 12.2 Å². The van der Waals surface area contributed by atoms with Crippen LogP contribution in [0.15, 0.2) is 16.3 Å². The Labute approximate surface area is 126 Å². The maximum atomic E-state index is 12.6. The van der Waals surface area contributed by atoms with Gasteiger partial charge in [0.1, 0.15) is 4.21 Å². The SMILES string of the molecule is CCNCc1ccc(S(=O)(=O)N2CCC(CC)CC2)s1. The zero-order valence-electron chi connectivity index (χ0n) is 12.3. The molecule has 20 heavy (non-hydrogen) atoms. The summed E-state index contributed by atoms with van der Waals surface area (Å²) >= 11 is 1.39. The Balaban J connectivity index is 2.04. The van der Waals surface area contributed by atoms with Crippen LogP contribution in [0.25, 0.3) is 0 Å². The molecule has 0 radical (unpaired) electrons. The first-order valence-electron chi connectivity index (χ1n) is 7.37. The Morgan fingerprint density at radius 2 is 2.00 bits per heavy atom. The third kappa shape index (κ3) is 3.61. The van der Waals surface area contributed by atoms with Gasteiger partial charge in [0.15, 0.2) is 0 Å². The van der Waals surface area contributed by atoms with Gasteiger partial charge in [-0.2, -0.15) is 4.31 Å². The molecule has 0 spiro atoms. The molecule has 2 heterocycles. The van der Waals surface area contributed by atoms with Crippen LogP contribution in [0.5, 0.6) is 0 Å². The van der Waals surface area contributed by atoms with Gasteiger partial charge in [-0.1, -0.05) is 20.3 Å². The zero-order valence-corrected chi connectivity index (χ0v) is 13.9. The lowest BCUT2D eigenvalue weighted by Gasteiger charge is -2.30. The first kappa shape index (κ1) is 15.9. The number of nitrogens with one attached hydrogen (secondary N) is 1. The van der Waals surface area contributed by atoms with Crippen LogP contribution in [0.1, 0.15) is 38.0 Å². The van der Waals surface area contributed by atoms with Gasteiger partial charge in [0.25, 0.3) is 10.0 Å². The summed E-state index contributed by atoms with van der Waals surface area (Å²) in [4.78, 5) is 1.08. The Morgan fingerprint density at radius 1 is 1.30 bits per heavy atom. The molecule has 1 aromatic heterocycles. The lowest BCUT2D eigenvalue weighted by Crippen LogP contribution is -2.37. The minimum atomic E-state index is -3.27. The van der Waals surface area contributed by atoms with Crippen molar-refractivity contribution in [2.45, 2.75) is 43.9 Å². The first-order valence-corrected chi connectivity index (χ1v) is 9.63. The van der Waals surface area contributed by atoms with Crippen LogP contribution in [0.3, 0.4) is 0 Å². The van der Waals surface area contributed by atoms with E-state index in [1.807, 2.05) is 13.0 Å². The number of hydrogen-bond donors (Lipinski definition) is 1. The highest BCUT2D eigenvalue weighted by Crippen LogP contribution is 2.29. The molecule has 4 nitrogen and oxygen atoms in total. The van der Waals surface area contributed by atoms with Gasteiger partial charge in [-0.3, -0.25) is 0 Å². The first-order chi connectivity index (χ1) is 9.57. The standard InChI is InChI=1S/C14H24N2O2S2/c1-3-12-7-9-16(10-8-12)20(17,18)14-6-5-13(19-14)11-15-4-2/h5-6,12,15H,3-4,7-11H2,1-2H3. The van der Waals surface area contributed by atoms with Gasteiger partial charge in [0.2, 0.25) is 0 Å². The van der Waals surface area contributed by atoms with Crippen molar-refractivity contribution in [3.8, 4) is 0 Å². The number of rotatable bonds is 6. The van der Waals surface area contributed by atoms with Gasteiger partial charge < -0.3 is 5.32 Å². The van der Waals surface area contributed by atoms with Crippen molar-refractivity contribution in [1.29, 1.82) is 0 Å². The Morgan fingerprint density at radius 3 is 2.60 bits per heavy atom. The molecule has 1 aromatic rings. The molecule has 1 aliphatic heterocycles. The zero-order chi connectivity index (χ0) is 14.6. The fourth-order valence-corrected chi connectivity index (χ4v) is 5.47. The highest BCUT2D eigenvalue weighted by atomic mass is 32.2. The summed E-state index contributed by atoms with van der Waals surface area (Å²) in [5.74, 6) is 0.689. The Kier molecular flexibility index (Phi) is 5.60. The number of hydrogen-bond acceptors (Lipinski definition) is 4. The molecule has 1 aliphatic rings. The van der Waals surface area contributed by atoms with E-state index < -0.39 is 10.0 Å². The summed E-state index contributed by atoms with van der Waals surface area (Å²) < 4.78 is 27.3. The van der Waals surface area contributed by atoms with Gasteiger partial charge in [-0.25, -0.2) is 8.42 Å². The Hall–Kier alpha value is -0.430. The van der Waals surface area contributed by atoms with Crippen LogP contribution in [0.2, 0.25) is 0 Å². The van der Waals surface area contributed by atoms with E-state index in [4.69, 9.17) is 0 Å².